The zero-order valence-corrected chi connectivity index (χ0v) is 12.1. The third-order valence-electron chi connectivity index (χ3n) is 2.93. The fourth-order valence-corrected chi connectivity index (χ4v) is 2.51. The largest absolute Gasteiger partial charge is 0.376 e. The zero-order valence-electron chi connectivity index (χ0n) is 9.74. The van der Waals surface area contributed by atoms with Crippen LogP contribution in [-0.2, 0) is 11.3 Å². The summed E-state index contributed by atoms with van der Waals surface area (Å²) in [6.45, 7) is 3.82. The van der Waals surface area contributed by atoms with E-state index in [9.17, 15) is 0 Å². The first-order valence-corrected chi connectivity index (χ1v) is 7.25. The summed E-state index contributed by atoms with van der Waals surface area (Å²) in [4.78, 5) is 2.42. The van der Waals surface area contributed by atoms with Gasteiger partial charge in [0.15, 0.2) is 0 Å². The molecule has 1 aromatic carbocycles. The number of halogens is 2. The van der Waals surface area contributed by atoms with Crippen molar-refractivity contribution < 1.29 is 4.74 Å². The van der Waals surface area contributed by atoms with Crippen LogP contribution in [0, 0.1) is 0 Å². The first-order chi connectivity index (χ1) is 8.28. The molecule has 17 heavy (non-hydrogen) atoms. The van der Waals surface area contributed by atoms with E-state index in [0.29, 0.717) is 5.88 Å². The standard InChI is InChI=1S/C13H17BrClNO/c14-12-4-2-11(3-5-12)9-16-6-1-7-17-13(8-15)10-16/h2-5,13H,1,6-10H2. The predicted octanol–water partition coefficient (Wildman–Crippen LogP) is 3.28. The van der Waals surface area contributed by atoms with Gasteiger partial charge in [-0.15, -0.1) is 11.6 Å². The molecule has 94 valence electrons. The Morgan fingerprint density at radius 3 is 2.82 bits per heavy atom. The molecule has 0 aromatic heterocycles. The molecule has 0 bridgehead atoms. The van der Waals surface area contributed by atoms with Crippen LogP contribution in [-0.4, -0.2) is 36.6 Å². The summed E-state index contributed by atoms with van der Waals surface area (Å²) in [5.41, 5.74) is 1.34. The second-order valence-electron chi connectivity index (χ2n) is 4.36. The van der Waals surface area contributed by atoms with Crippen molar-refractivity contribution >= 4 is 27.5 Å². The molecule has 1 saturated heterocycles. The lowest BCUT2D eigenvalue weighted by Crippen LogP contribution is -2.32. The number of alkyl halides is 1. The molecule has 4 heteroatoms. The quantitative estimate of drug-likeness (QED) is 0.793. The van der Waals surface area contributed by atoms with Crippen LogP contribution in [0.5, 0.6) is 0 Å². The molecule has 1 heterocycles. The molecule has 0 N–H and O–H groups in total. The van der Waals surface area contributed by atoms with Crippen LogP contribution in [0.4, 0.5) is 0 Å². The Hall–Kier alpha value is -0.0900. The number of nitrogens with zero attached hydrogens (tertiary/aromatic N) is 1. The number of ether oxygens (including phenoxy) is 1. The van der Waals surface area contributed by atoms with E-state index in [-0.39, 0.29) is 6.10 Å². The highest BCUT2D eigenvalue weighted by Gasteiger charge is 2.17. The highest BCUT2D eigenvalue weighted by Crippen LogP contribution is 2.14. The summed E-state index contributed by atoms with van der Waals surface area (Å²) in [5.74, 6) is 0.580. The summed E-state index contributed by atoms with van der Waals surface area (Å²) in [6.07, 6.45) is 1.26. The molecule has 1 aromatic rings. The second kappa shape index (κ2) is 6.74. The van der Waals surface area contributed by atoms with Gasteiger partial charge in [-0.25, -0.2) is 0 Å². The lowest BCUT2D eigenvalue weighted by atomic mass is 10.2. The van der Waals surface area contributed by atoms with E-state index in [1.165, 1.54) is 5.56 Å². The second-order valence-corrected chi connectivity index (χ2v) is 5.59. The Balaban J connectivity index is 1.94. The monoisotopic (exact) mass is 317 g/mol. The van der Waals surface area contributed by atoms with Crippen LogP contribution >= 0.6 is 27.5 Å². The molecule has 0 spiro atoms. The fourth-order valence-electron chi connectivity index (χ4n) is 2.06. The molecule has 1 unspecified atom stereocenters. The van der Waals surface area contributed by atoms with Crippen molar-refractivity contribution in [2.75, 3.05) is 25.6 Å². The van der Waals surface area contributed by atoms with Gasteiger partial charge in [0.2, 0.25) is 0 Å². The summed E-state index contributed by atoms with van der Waals surface area (Å²) < 4.78 is 6.78. The van der Waals surface area contributed by atoms with E-state index in [2.05, 4.69) is 45.1 Å². The molecule has 1 fully saturated rings. The molecule has 1 aliphatic rings. The lowest BCUT2D eigenvalue weighted by Gasteiger charge is -2.22. The average molecular weight is 319 g/mol. The Labute approximate surface area is 116 Å². The van der Waals surface area contributed by atoms with Gasteiger partial charge in [-0.05, 0) is 24.1 Å². The van der Waals surface area contributed by atoms with Gasteiger partial charge in [0, 0.05) is 36.6 Å². The molecule has 0 radical (unpaired) electrons. The minimum atomic E-state index is 0.176. The van der Waals surface area contributed by atoms with Gasteiger partial charge in [0.25, 0.3) is 0 Å². The Kier molecular flexibility index (Phi) is 5.29. The minimum absolute atomic E-state index is 0.176. The van der Waals surface area contributed by atoms with Crippen molar-refractivity contribution in [3.63, 3.8) is 0 Å². The highest BCUT2D eigenvalue weighted by atomic mass is 79.9. The smallest absolute Gasteiger partial charge is 0.0837 e. The van der Waals surface area contributed by atoms with Crippen LogP contribution in [0.15, 0.2) is 28.7 Å². The van der Waals surface area contributed by atoms with Crippen molar-refractivity contribution in [3.8, 4) is 0 Å². The number of rotatable bonds is 3. The first kappa shape index (κ1) is 13.3. The topological polar surface area (TPSA) is 12.5 Å². The fraction of sp³-hybridized carbons (Fsp3) is 0.538. The maximum atomic E-state index is 5.88. The van der Waals surface area contributed by atoms with E-state index < -0.39 is 0 Å². The normalized spacial score (nSPS) is 22.4. The highest BCUT2D eigenvalue weighted by molar-refractivity contribution is 9.10. The summed E-state index contributed by atoms with van der Waals surface area (Å²) in [7, 11) is 0. The van der Waals surface area contributed by atoms with Gasteiger partial charge in [0.05, 0.1) is 6.10 Å². The van der Waals surface area contributed by atoms with Gasteiger partial charge in [-0.2, -0.15) is 0 Å². The molecular formula is C13H17BrClNO. The number of benzene rings is 1. The van der Waals surface area contributed by atoms with E-state index in [0.717, 1.165) is 37.1 Å². The maximum absolute atomic E-state index is 5.88. The predicted molar refractivity (Wildman–Crippen MR) is 74.5 cm³/mol. The molecule has 2 nitrogen and oxygen atoms in total. The van der Waals surface area contributed by atoms with Crippen molar-refractivity contribution in [2.45, 2.75) is 19.1 Å². The lowest BCUT2D eigenvalue weighted by molar-refractivity contribution is 0.0691. The summed E-state index contributed by atoms with van der Waals surface area (Å²) in [5, 5.41) is 0. The van der Waals surface area contributed by atoms with E-state index in [4.69, 9.17) is 16.3 Å². The molecule has 2 rings (SSSR count). The Morgan fingerprint density at radius 1 is 1.35 bits per heavy atom. The third kappa shape index (κ3) is 4.25. The van der Waals surface area contributed by atoms with Crippen LogP contribution in [0.3, 0.4) is 0 Å². The van der Waals surface area contributed by atoms with Gasteiger partial charge in [-0.1, -0.05) is 28.1 Å². The Morgan fingerprint density at radius 2 is 2.12 bits per heavy atom. The SMILES string of the molecule is ClCC1CN(Cc2ccc(Br)cc2)CCCO1. The van der Waals surface area contributed by atoms with Crippen molar-refractivity contribution in [2.24, 2.45) is 0 Å². The zero-order chi connectivity index (χ0) is 12.1. The van der Waals surface area contributed by atoms with Crippen LogP contribution in [0.1, 0.15) is 12.0 Å². The number of hydrogen-bond acceptors (Lipinski definition) is 2. The molecule has 0 amide bonds. The molecular weight excluding hydrogens is 302 g/mol. The molecule has 0 aliphatic carbocycles. The van der Waals surface area contributed by atoms with Gasteiger partial charge < -0.3 is 4.74 Å². The van der Waals surface area contributed by atoms with Crippen molar-refractivity contribution in [3.05, 3.63) is 34.3 Å². The van der Waals surface area contributed by atoms with E-state index >= 15 is 0 Å². The average Bonchev–Trinajstić information content (AvgIpc) is 2.57. The molecule has 1 aliphatic heterocycles. The number of hydrogen-bond donors (Lipinski definition) is 0. The molecule has 0 saturated carbocycles. The third-order valence-corrected chi connectivity index (χ3v) is 3.80. The van der Waals surface area contributed by atoms with Gasteiger partial charge in [-0.3, -0.25) is 4.90 Å². The minimum Gasteiger partial charge on any atom is -0.376 e. The van der Waals surface area contributed by atoms with Crippen molar-refractivity contribution in [1.82, 2.24) is 4.90 Å². The Bertz CT molecular complexity index is 344. The van der Waals surface area contributed by atoms with E-state index in [1.54, 1.807) is 0 Å². The first-order valence-electron chi connectivity index (χ1n) is 5.92. The van der Waals surface area contributed by atoms with Crippen LogP contribution in [0.25, 0.3) is 0 Å². The van der Waals surface area contributed by atoms with Gasteiger partial charge in [0.1, 0.15) is 0 Å². The van der Waals surface area contributed by atoms with Crippen molar-refractivity contribution in [1.29, 1.82) is 0 Å². The van der Waals surface area contributed by atoms with Crippen LogP contribution in [0.2, 0.25) is 0 Å². The molecule has 1 atom stereocenters. The van der Waals surface area contributed by atoms with Crippen LogP contribution < -0.4 is 0 Å². The van der Waals surface area contributed by atoms with E-state index in [1.807, 2.05) is 0 Å². The van der Waals surface area contributed by atoms with Gasteiger partial charge >= 0.3 is 0 Å². The maximum Gasteiger partial charge on any atom is 0.0837 e. The summed E-state index contributed by atoms with van der Waals surface area (Å²) >= 11 is 9.34. The summed E-state index contributed by atoms with van der Waals surface area (Å²) in [6, 6.07) is 8.49.